The number of carbonyl (C=O) groups is 2. The summed E-state index contributed by atoms with van der Waals surface area (Å²) in [5.74, 6) is -1.71. The summed E-state index contributed by atoms with van der Waals surface area (Å²) in [6.07, 6.45) is -4.10. The van der Waals surface area contributed by atoms with Crippen molar-refractivity contribution >= 4 is 11.9 Å². The summed E-state index contributed by atoms with van der Waals surface area (Å²) in [6, 6.07) is 3.91. The number of carboxylic acid groups (broad SMARTS) is 1. The molecule has 2 rings (SSSR count). The third-order valence-electron chi connectivity index (χ3n) is 3.52. The van der Waals surface area contributed by atoms with E-state index in [1.165, 1.54) is 18.2 Å². The van der Waals surface area contributed by atoms with Gasteiger partial charge < -0.3 is 10.0 Å². The van der Waals surface area contributed by atoms with Gasteiger partial charge in [-0.1, -0.05) is 18.2 Å². The number of rotatable bonds is 3. The van der Waals surface area contributed by atoms with Crippen LogP contribution in [0.5, 0.6) is 0 Å². The molecule has 7 heteroatoms. The van der Waals surface area contributed by atoms with E-state index in [2.05, 4.69) is 0 Å². The number of halogens is 3. The van der Waals surface area contributed by atoms with Gasteiger partial charge in [0.1, 0.15) is 6.04 Å². The van der Waals surface area contributed by atoms with Crippen molar-refractivity contribution in [3.8, 4) is 0 Å². The molecular formula is C14H14F3NO3. The van der Waals surface area contributed by atoms with Crippen LogP contribution in [0.1, 0.15) is 24.0 Å². The van der Waals surface area contributed by atoms with Gasteiger partial charge in [0.15, 0.2) is 0 Å². The van der Waals surface area contributed by atoms with E-state index >= 15 is 0 Å². The highest BCUT2D eigenvalue weighted by molar-refractivity contribution is 5.85. The predicted octanol–water partition coefficient (Wildman–Crippen LogP) is 2.32. The van der Waals surface area contributed by atoms with E-state index < -0.39 is 36.1 Å². The average Bonchev–Trinajstić information content (AvgIpc) is 2.87. The zero-order chi connectivity index (χ0) is 15.6. The fourth-order valence-corrected chi connectivity index (χ4v) is 2.54. The Labute approximate surface area is 119 Å². The first-order chi connectivity index (χ1) is 9.80. The summed E-state index contributed by atoms with van der Waals surface area (Å²) in [4.78, 5) is 24.3. The molecule has 0 radical (unpaired) electrons. The van der Waals surface area contributed by atoms with E-state index in [-0.39, 0.29) is 12.1 Å². The highest BCUT2D eigenvalue weighted by atomic mass is 19.4. The van der Waals surface area contributed by atoms with Crippen LogP contribution >= 0.6 is 0 Å². The summed E-state index contributed by atoms with van der Waals surface area (Å²) in [7, 11) is 0. The molecule has 4 nitrogen and oxygen atoms in total. The van der Waals surface area contributed by atoms with Crippen molar-refractivity contribution in [1.29, 1.82) is 0 Å². The lowest BCUT2D eigenvalue weighted by Crippen LogP contribution is -2.41. The molecule has 1 aliphatic heterocycles. The molecule has 0 saturated carbocycles. The van der Waals surface area contributed by atoms with Gasteiger partial charge in [-0.05, 0) is 24.5 Å². The van der Waals surface area contributed by atoms with Crippen molar-refractivity contribution < 1.29 is 27.9 Å². The Bertz CT molecular complexity index is 557. The summed E-state index contributed by atoms with van der Waals surface area (Å²) >= 11 is 0. The van der Waals surface area contributed by atoms with Crippen LogP contribution in [0.3, 0.4) is 0 Å². The molecule has 114 valence electrons. The highest BCUT2D eigenvalue weighted by Crippen LogP contribution is 2.32. The van der Waals surface area contributed by atoms with Crippen molar-refractivity contribution in [2.75, 3.05) is 6.54 Å². The maximum atomic E-state index is 12.9. The summed E-state index contributed by atoms with van der Waals surface area (Å²) in [6.45, 7) is 0.268. The molecule has 0 aliphatic carbocycles. The maximum absolute atomic E-state index is 12.9. The number of benzene rings is 1. The number of amides is 1. The molecule has 21 heavy (non-hydrogen) atoms. The van der Waals surface area contributed by atoms with Crippen molar-refractivity contribution in [1.82, 2.24) is 4.90 Å². The molecule has 0 aromatic heterocycles. The minimum atomic E-state index is -4.53. The van der Waals surface area contributed by atoms with Gasteiger partial charge in [-0.25, -0.2) is 4.79 Å². The number of carbonyl (C=O) groups excluding carboxylic acids is 1. The molecule has 1 amide bonds. The van der Waals surface area contributed by atoms with Crippen LogP contribution in [0.15, 0.2) is 24.3 Å². The standard InChI is InChI=1S/C14H14F3NO3/c15-14(16,17)10-5-2-1-4-9(10)8-12(19)18-7-3-6-11(18)13(20)21/h1-2,4-5,11H,3,6-8H2,(H,20,21)/t11-/m0/s1. The lowest BCUT2D eigenvalue weighted by Gasteiger charge is -2.22. The molecule has 1 aromatic rings. The quantitative estimate of drug-likeness (QED) is 0.932. The van der Waals surface area contributed by atoms with E-state index in [0.717, 1.165) is 11.0 Å². The fourth-order valence-electron chi connectivity index (χ4n) is 2.54. The van der Waals surface area contributed by atoms with E-state index in [4.69, 9.17) is 5.11 Å². The first kappa shape index (κ1) is 15.3. The number of aliphatic carboxylic acids is 1. The number of alkyl halides is 3. The minimum absolute atomic E-state index is 0.133. The Balaban J connectivity index is 2.19. The topological polar surface area (TPSA) is 57.6 Å². The molecule has 1 N–H and O–H groups in total. The van der Waals surface area contributed by atoms with Crippen molar-refractivity contribution in [3.63, 3.8) is 0 Å². The SMILES string of the molecule is O=C(O)[C@@H]1CCCN1C(=O)Cc1ccccc1C(F)(F)F. The molecular weight excluding hydrogens is 287 g/mol. The summed E-state index contributed by atoms with van der Waals surface area (Å²) in [5.41, 5.74) is -0.990. The number of carboxylic acids is 1. The predicted molar refractivity (Wildman–Crippen MR) is 67.5 cm³/mol. The van der Waals surface area contributed by atoms with Crippen LogP contribution in [0.2, 0.25) is 0 Å². The second kappa shape index (κ2) is 5.75. The van der Waals surface area contributed by atoms with E-state index in [1.54, 1.807) is 0 Å². The third kappa shape index (κ3) is 3.34. The number of likely N-dealkylation sites (tertiary alicyclic amines) is 1. The van der Waals surface area contributed by atoms with Gasteiger partial charge in [-0.2, -0.15) is 13.2 Å². The first-order valence-electron chi connectivity index (χ1n) is 6.48. The van der Waals surface area contributed by atoms with E-state index in [0.29, 0.717) is 12.8 Å². The Hall–Kier alpha value is -2.05. The molecule has 1 fully saturated rings. The Morgan fingerprint density at radius 3 is 2.57 bits per heavy atom. The minimum Gasteiger partial charge on any atom is -0.480 e. The second-order valence-corrected chi connectivity index (χ2v) is 4.92. The van der Waals surface area contributed by atoms with Crippen LogP contribution in [0.25, 0.3) is 0 Å². The van der Waals surface area contributed by atoms with E-state index in [1.807, 2.05) is 0 Å². The molecule has 0 bridgehead atoms. The van der Waals surface area contributed by atoms with E-state index in [9.17, 15) is 22.8 Å². The fraction of sp³-hybridized carbons (Fsp3) is 0.429. The largest absolute Gasteiger partial charge is 0.480 e. The molecule has 0 unspecified atom stereocenters. The van der Waals surface area contributed by atoms with Crippen LogP contribution in [0, 0.1) is 0 Å². The highest BCUT2D eigenvalue weighted by Gasteiger charge is 2.36. The third-order valence-corrected chi connectivity index (χ3v) is 3.52. The van der Waals surface area contributed by atoms with Gasteiger partial charge in [-0.3, -0.25) is 4.79 Å². The van der Waals surface area contributed by atoms with Crippen LogP contribution in [-0.2, 0) is 22.2 Å². The van der Waals surface area contributed by atoms with Crippen LogP contribution in [-0.4, -0.2) is 34.5 Å². The van der Waals surface area contributed by atoms with Crippen molar-refractivity contribution in [3.05, 3.63) is 35.4 Å². The van der Waals surface area contributed by atoms with Gasteiger partial charge in [0.2, 0.25) is 5.91 Å². The van der Waals surface area contributed by atoms with Crippen molar-refractivity contribution in [2.24, 2.45) is 0 Å². The molecule has 1 heterocycles. The smallest absolute Gasteiger partial charge is 0.416 e. The Morgan fingerprint density at radius 1 is 1.29 bits per heavy atom. The number of nitrogens with zero attached hydrogens (tertiary/aromatic N) is 1. The van der Waals surface area contributed by atoms with Crippen LogP contribution < -0.4 is 0 Å². The number of hydrogen-bond donors (Lipinski definition) is 1. The van der Waals surface area contributed by atoms with Gasteiger partial charge in [0, 0.05) is 6.54 Å². The summed E-state index contributed by atoms with van der Waals surface area (Å²) in [5, 5.41) is 9.01. The van der Waals surface area contributed by atoms with Gasteiger partial charge in [0.05, 0.1) is 12.0 Å². The van der Waals surface area contributed by atoms with Gasteiger partial charge in [-0.15, -0.1) is 0 Å². The average molecular weight is 301 g/mol. The molecule has 1 atom stereocenters. The lowest BCUT2D eigenvalue weighted by molar-refractivity contribution is -0.148. The van der Waals surface area contributed by atoms with Gasteiger partial charge in [0.25, 0.3) is 0 Å². The molecule has 0 spiro atoms. The maximum Gasteiger partial charge on any atom is 0.416 e. The lowest BCUT2D eigenvalue weighted by atomic mass is 10.0. The van der Waals surface area contributed by atoms with Crippen LogP contribution in [0.4, 0.5) is 13.2 Å². The Morgan fingerprint density at radius 2 is 1.95 bits per heavy atom. The zero-order valence-electron chi connectivity index (χ0n) is 11.1. The Kier molecular flexibility index (Phi) is 4.20. The normalized spacial score (nSPS) is 18.8. The summed E-state index contributed by atoms with van der Waals surface area (Å²) < 4.78 is 38.6. The molecule has 1 saturated heterocycles. The second-order valence-electron chi connectivity index (χ2n) is 4.92. The zero-order valence-corrected chi connectivity index (χ0v) is 11.1. The molecule has 1 aliphatic rings. The van der Waals surface area contributed by atoms with Gasteiger partial charge >= 0.3 is 12.1 Å². The number of hydrogen-bond acceptors (Lipinski definition) is 2. The monoisotopic (exact) mass is 301 g/mol. The molecule has 1 aromatic carbocycles. The first-order valence-corrected chi connectivity index (χ1v) is 6.48. The van der Waals surface area contributed by atoms with Crippen molar-refractivity contribution in [2.45, 2.75) is 31.5 Å².